The topological polar surface area (TPSA) is 130 Å². The number of aromatic nitrogens is 2. The van der Waals surface area contributed by atoms with E-state index in [1.54, 1.807) is 24.3 Å². The van der Waals surface area contributed by atoms with E-state index in [-0.39, 0.29) is 28.5 Å². The average Bonchev–Trinajstić information content (AvgIpc) is 3.21. The van der Waals surface area contributed by atoms with E-state index < -0.39 is 4.92 Å². The van der Waals surface area contributed by atoms with Crippen molar-refractivity contribution in [3.8, 4) is 23.0 Å². The lowest BCUT2D eigenvalue weighted by molar-refractivity contribution is -0.384. The molecule has 11 heteroatoms. The van der Waals surface area contributed by atoms with Gasteiger partial charge in [0.1, 0.15) is 11.5 Å². The Labute approximate surface area is 169 Å². The molecule has 0 saturated carbocycles. The van der Waals surface area contributed by atoms with Gasteiger partial charge in [-0.3, -0.25) is 14.9 Å². The summed E-state index contributed by atoms with van der Waals surface area (Å²) >= 11 is 1.04. The van der Waals surface area contributed by atoms with Gasteiger partial charge in [-0.25, -0.2) is 0 Å². The van der Waals surface area contributed by atoms with E-state index in [9.17, 15) is 14.9 Å². The molecule has 0 fully saturated rings. The molecular weight excluding hydrogens is 400 g/mol. The van der Waals surface area contributed by atoms with Crippen LogP contribution in [0.2, 0.25) is 0 Å². The van der Waals surface area contributed by atoms with Crippen LogP contribution in [0.15, 0.2) is 52.1 Å². The zero-order valence-electron chi connectivity index (χ0n) is 15.4. The number of hydrogen-bond donors (Lipinski definition) is 1. The van der Waals surface area contributed by atoms with Crippen molar-refractivity contribution in [2.45, 2.75) is 5.22 Å². The van der Waals surface area contributed by atoms with Gasteiger partial charge < -0.3 is 19.2 Å². The van der Waals surface area contributed by atoms with Gasteiger partial charge in [0.15, 0.2) is 0 Å². The van der Waals surface area contributed by atoms with Gasteiger partial charge in [0, 0.05) is 23.8 Å². The highest BCUT2D eigenvalue weighted by molar-refractivity contribution is 7.99. The predicted molar refractivity (Wildman–Crippen MR) is 105 cm³/mol. The third-order valence-corrected chi connectivity index (χ3v) is 4.54. The number of nitro benzene ring substituents is 1. The van der Waals surface area contributed by atoms with Crippen molar-refractivity contribution >= 4 is 29.0 Å². The Balaban J connectivity index is 1.63. The van der Waals surface area contributed by atoms with Gasteiger partial charge in [0.25, 0.3) is 10.9 Å². The summed E-state index contributed by atoms with van der Waals surface area (Å²) in [5.41, 5.74) is 0.811. The Kier molecular flexibility index (Phi) is 6.29. The molecule has 3 aromatic rings. The van der Waals surface area contributed by atoms with Gasteiger partial charge in [-0.05, 0) is 18.2 Å². The van der Waals surface area contributed by atoms with Gasteiger partial charge in [-0.2, -0.15) is 0 Å². The quantitative estimate of drug-likeness (QED) is 0.333. The van der Waals surface area contributed by atoms with E-state index in [1.165, 1.54) is 32.4 Å². The molecule has 0 aliphatic rings. The fourth-order valence-corrected chi connectivity index (χ4v) is 2.93. The van der Waals surface area contributed by atoms with Gasteiger partial charge in [0.2, 0.25) is 11.8 Å². The second-order valence-electron chi connectivity index (χ2n) is 5.58. The SMILES string of the molecule is COc1ccc(OC)c(NC(=O)CSc2nnc(-c3cccc([N+](=O)[O-])c3)o2)c1. The van der Waals surface area contributed by atoms with Crippen molar-refractivity contribution in [2.75, 3.05) is 25.3 Å². The predicted octanol–water partition coefficient (Wildman–Crippen LogP) is 3.39. The van der Waals surface area contributed by atoms with Gasteiger partial charge in [-0.1, -0.05) is 17.8 Å². The molecule has 0 saturated heterocycles. The van der Waals surface area contributed by atoms with E-state index in [1.807, 2.05) is 0 Å². The fraction of sp³-hybridized carbons (Fsp3) is 0.167. The Hall–Kier alpha value is -3.60. The van der Waals surface area contributed by atoms with Crippen molar-refractivity contribution in [1.82, 2.24) is 10.2 Å². The van der Waals surface area contributed by atoms with Gasteiger partial charge >= 0.3 is 0 Å². The number of non-ortho nitro benzene ring substituents is 1. The standard InChI is InChI=1S/C18H16N4O6S/c1-26-13-6-7-15(27-2)14(9-13)19-16(23)10-29-18-21-20-17(28-18)11-4-3-5-12(8-11)22(24)25/h3-9H,10H2,1-2H3,(H,19,23). The van der Waals surface area contributed by atoms with Gasteiger partial charge in [0.05, 0.1) is 30.6 Å². The Morgan fingerprint density at radius 2 is 2.03 bits per heavy atom. The molecule has 0 atom stereocenters. The van der Waals surface area contributed by atoms with Crippen molar-refractivity contribution in [3.63, 3.8) is 0 Å². The van der Waals surface area contributed by atoms with Crippen LogP contribution in [0.3, 0.4) is 0 Å². The molecule has 0 aliphatic carbocycles. The van der Waals surface area contributed by atoms with Crippen molar-refractivity contribution < 1.29 is 23.6 Å². The van der Waals surface area contributed by atoms with E-state index >= 15 is 0 Å². The number of thioether (sulfide) groups is 1. The molecule has 29 heavy (non-hydrogen) atoms. The van der Waals surface area contributed by atoms with Crippen LogP contribution in [-0.4, -0.2) is 41.0 Å². The van der Waals surface area contributed by atoms with Crippen LogP contribution in [0.5, 0.6) is 11.5 Å². The van der Waals surface area contributed by atoms with E-state index in [0.717, 1.165) is 11.8 Å². The van der Waals surface area contributed by atoms with Crippen LogP contribution in [-0.2, 0) is 4.79 Å². The first-order chi connectivity index (χ1) is 14.0. The summed E-state index contributed by atoms with van der Waals surface area (Å²) in [4.78, 5) is 22.6. The molecule has 1 N–H and O–H groups in total. The number of anilines is 1. The van der Waals surface area contributed by atoms with Crippen LogP contribution in [0.1, 0.15) is 0 Å². The number of ether oxygens (including phenoxy) is 2. The molecule has 10 nitrogen and oxygen atoms in total. The summed E-state index contributed by atoms with van der Waals surface area (Å²) in [7, 11) is 3.03. The highest BCUT2D eigenvalue weighted by atomic mass is 32.2. The molecule has 2 aromatic carbocycles. The minimum atomic E-state index is -0.507. The summed E-state index contributed by atoms with van der Waals surface area (Å²) < 4.78 is 15.8. The number of carbonyl (C=O) groups excluding carboxylic acids is 1. The molecule has 0 unspecified atom stereocenters. The smallest absolute Gasteiger partial charge is 0.277 e. The lowest BCUT2D eigenvalue weighted by atomic mass is 10.2. The number of carbonyl (C=O) groups is 1. The number of amides is 1. The number of nitrogens with zero attached hydrogens (tertiary/aromatic N) is 3. The Morgan fingerprint density at radius 1 is 1.21 bits per heavy atom. The molecule has 1 amide bonds. The Bertz CT molecular complexity index is 1040. The normalized spacial score (nSPS) is 10.4. The summed E-state index contributed by atoms with van der Waals surface area (Å²) in [6, 6.07) is 10.9. The van der Waals surface area contributed by atoms with Crippen LogP contribution < -0.4 is 14.8 Å². The number of rotatable bonds is 8. The zero-order valence-corrected chi connectivity index (χ0v) is 16.3. The third kappa shape index (κ3) is 5.02. The van der Waals surface area contributed by atoms with E-state index in [2.05, 4.69) is 15.5 Å². The van der Waals surface area contributed by atoms with Crippen LogP contribution in [0.25, 0.3) is 11.5 Å². The number of nitrogens with one attached hydrogen (secondary N) is 1. The molecule has 1 heterocycles. The molecule has 150 valence electrons. The maximum absolute atomic E-state index is 12.3. The number of hydrogen-bond acceptors (Lipinski definition) is 9. The van der Waals surface area contributed by atoms with Crippen LogP contribution in [0.4, 0.5) is 11.4 Å². The van der Waals surface area contributed by atoms with Gasteiger partial charge in [-0.15, -0.1) is 10.2 Å². The molecule has 1 aromatic heterocycles. The summed E-state index contributed by atoms with van der Waals surface area (Å²) in [5.74, 6) is 0.904. The maximum atomic E-state index is 12.3. The highest BCUT2D eigenvalue weighted by Crippen LogP contribution is 2.30. The summed E-state index contributed by atoms with van der Waals surface area (Å²) in [6.07, 6.45) is 0. The molecule has 0 spiro atoms. The zero-order chi connectivity index (χ0) is 20.8. The molecule has 0 radical (unpaired) electrons. The second kappa shape index (κ2) is 9.06. The van der Waals surface area contributed by atoms with Crippen LogP contribution >= 0.6 is 11.8 Å². The van der Waals surface area contributed by atoms with Crippen molar-refractivity contribution in [2.24, 2.45) is 0 Å². The fourth-order valence-electron chi connectivity index (χ4n) is 2.36. The average molecular weight is 416 g/mol. The molecular formula is C18H16N4O6S. The monoisotopic (exact) mass is 416 g/mol. The summed E-state index contributed by atoms with van der Waals surface area (Å²) in [5, 5.41) is 21.5. The minimum Gasteiger partial charge on any atom is -0.497 e. The minimum absolute atomic E-state index is 0.0108. The molecule has 0 aliphatic heterocycles. The second-order valence-corrected chi connectivity index (χ2v) is 6.51. The molecule has 3 rings (SSSR count). The van der Waals surface area contributed by atoms with Crippen molar-refractivity contribution in [3.05, 3.63) is 52.6 Å². The Morgan fingerprint density at radius 3 is 2.76 bits per heavy atom. The maximum Gasteiger partial charge on any atom is 0.277 e. The first-order valence-electron chi connectivity index (χ1n) is 8.23. The largest absolute Gasteiger partial charge is 0.497 e. The first kappa shape index (κ1) is 20.1. The van der Waals surface area contributed by atoms with E-state index in [4.69, 9.17) is 13.9 Å². The first-order valence-corrected chi connectivity index (χ1v) is 9.21. The third-order valence-electron chi connectivity index (χ3n) is 3.72. The number of nitro groups is 1. The molecule has 0 bridgehead atoms. The van der Waals surface area contributed by atoms with E-state index in [0.29, 0.717) is 22.7 Å². The van der Waals surface area contributed by atoms with Crippen LogP contribution in [0, 0.1) is 10.1 Å². The highest BCUT2D eigenvalue weighted by Gasteiger charge is 2.15. The summed E-state index contributed by atoms with van der Waals surface area (Å²) in [6.45, 7) is 0. The lowest BCUT2D eigenvalue weighted by Crippen LogP contribution is -2.14. The lowest BCUT2D eigenvalue weighted by Gasteiger charge is -2.11. The number of methoxy groups -OCH3 is 2. The van der Waals surface area contributed by atoms with Crippen molar-refractivity contribution in [1.29, 1.82) is 0 Å². The number of benzene rings is 2.